The summed E-state index contributed by atoms with van der Waals surface area (Å²) in [7, 11) is -3.71. The monoisotopic (exact) mass is 308 g/mol. The molecule has 2 rings (SSSR count). The van der Waals surface area contributed by atoms with Crippen LogP contribution in [0.25, 0.3) is 0 Å². The Hall–Kier alpha value is -2.25. The highest BCUT2D eigenvalue weighted by molar-refractivity contribution is 7.89. The summed E-state index contributed by atoms with van der Waals surface area (Å²) in [5.41, 5.74) is 1.20. The summed E-state index contributed by atoms with van der Waals surface area (Å²) >= 11 is 0. The molecule has 0 saturated carbocycles. The zero-order chi connectivity index (χ0) is 15.6. The van der Waals surface area contributed by atoms with Crippen molar-refractivity contribution in [3.8, 4) is 11.5 Å². The average Bonchev–Trinajstić information content (AvgIpc) is 2.41. The maximum Gasteiger partial charge on any atom is 0.238 e. The number of hydrogen-bond donors (Lipinski definition) is 4. The number of rotatable bonds is 4. The van der Waals surface area contributed by atoms with E-state index in [-0.39, 0.29) is 22.4 Å². The molecule has 0 bridgehead atoms. The van der Waals surface area contributed by atoms with Gasteiger partial charge in [0, 0.05) is 11.3 Å². The van der Waals surface area contributed by atoms with Gasteiger partial charge in [-0.1, -0.05) is 0 Å². The third-order valence-corrected chi connectivity index (χ3v) is 3.97. The number of nitrogens with one attached hydrogen (secondary N) is 1. The minimum atomic E-state index is -3.71. The van der Waals surface area contributed by atoms with E-state index in [9.17, 15) is 18.6 Å². The summed E-state index contributed by atoms with van der Waals surface area (Å²) in [6.07, 6.45) is 0. The van der Waals surface area contributed by atoms with Gasteiger partial charge in [0.05, 0.1) is 10.9 Å². The van der Waals surface area contributed by atoms with Gasteiger partial charge in [0.2, 0.25) is 10.0 Å². The van der Waals surface area contributed by atoms with Crippen molar-refractivity contribution in [1.29, 1.82) is 0 Å². The normalized spacial score (nSPS) is 12.9. The lowest BCUT2D eigenvalue weighted by atomic mass is 10.1. The van der Waals surface area contributed by atoms with Crippen LogP contribution in [0.3, 0.4) is 0 Å². The van der Waals surface area contributed by atoms with Crippen LogP contribution in [-0.2, 0) is 10.0 Å². The zero-order valence-corrected chi connectivity index (χ0v) is 12.1. The van der Waals surface area contributed by atoms with Crippen molar-refractivity contribution < 1.29 is 18.6 Å². The minimum absolute atomic E-state index is 0.0286. The third-order valence-electron chi connectivity index (χ3n) is 3.04. The second-order valence-corrected chi connectivity index (χ2v) is 6.24. The highest BCUT2D eigenvalue weighted by Crippen LogP contribution is 2.30. The molecule has 0 aliphatic rings. The Kier molecular flexibility index (Phi) is 4.06. The van der Waals surface area contributed by atoms with E-state index in [0.717, 1.165) is 0 Å². The second-order valence-electron chi connectivity index (χ2n) is 4.68. The van der Waals surface area contributed by atoms with Crippen LogP contribution in [-0.4, -0.2) is 18.6 Å². The summed E-state index contributed by atoms with van der Waals surface area (Å²) in [6, 6.07) is 9.94. The van der Waals surface area contributed by atoms with E-state index < -0.39 is 10.0 Å². The molecule has 5 N–H and O–H groups in total. The van der Waals surface area contributed by atoms with Crippen molar-refractivity contribution in [2.24, 2.45) is 5.14 Å². The standard InChI is InChI=1S/C14H16N2O4S/c1-9(13-8-11(17)4-7-14(13)18)16-10-2-5-12(6-3-10)21(15,19)20/h2-9,16-18H,1H3,(H2,15,19,20). The number of sulfonamides is 1. The number of primary sulfonamides is 1. The fourth-order valence-corrected chi connectivity index (χ4v) is 2.47. The molecule has 0 heterocycles. The van der Waals surface area contributed by atoms with Gasteiger partial charge in [-0.05, 0) is 49.4 Å². The molecule has 112 valence electrons. The molecule has 0 spiro atoms. The number of phenols is 2. The van der Waals surface area contributed by atoms with Crippen molar-refractivity contribution >= 4 is 15.7 Å². The molecule has 1 atom stereocenters. The topological polar surface area (TPSA) is 113 Å². The van der Waals surface area contributed by atoms with E-state index in [2.05, 4.69) is 5.32 Å². The quantitative estimate of drug-likeness (QED) is 0.645. The van der Waals surface area contributed by atoms with Crippen LogP contribution >= 0.6 is 0 Å². The number of anilines is 1. The first-order valence-electron chi connectivity index (χ1n) is 6.18. The molecule has 0 saturated heterocycles. The first-order valence-corrected chi connectivity index (χ1v) is 7.73. The van der Waals surface area contributed by atoms with Gasteiger partial charge in [-0.25, -0.2) is 13.6 Å². The van der Waals surface area contributed by atoms with Crippen LogP contribution in [0.2, 0.25) is 0 Å². The number of benzene rings is 2. The van der Waals surface area contributed by atoms with E-state index in [0.29, 0.717) is 11.3 Å². The molecule has 2 aromatic carbocycles. The zero-order valence-electron chi connectivity index (χ0n) is 11.3. The van der Waals surface area contributed by atoms with Gasteiger partial charge in [-0.2, -0.15) is 0 Å². The predicted molar refractivity (Wildman–Crippen MR) is 79.6 cm³/mol. The molecular formula is C14H16N2O4S. The second kappa shape index (κ2) is 5.63. The summed E-state index contributed by atoms with van der Waals surface area (Å²) in [4.78, 5) is 0.0286. The Morgan fingerprint density at radius 2 is 1.71 bits per heavy atom. The lowest BCUT2D eigenvalue weighted by Gasteiger charge is -2.17. The Morgan fingerprint density at radius 1 is 1.10 bits per heavy atom. The van der Waals surface area contributed by atoms with E-state index in [1.54, 1.807) is 12.1 Å². The van der Waals surface area contributed by atoms with E-state index in [1.807, 2.05) is 6.92 Å². The molecule has 0 amide bonds. The fraction of sp³-hybridized carbons (Fsp3) is 0.143. The summed E-state index contributed by atoms with van der Waals surface area (Å²) in [5, 5.41) is 27.4. The van der Waals surface area contributed by atoms with E-state index >= 15 is 0 Å². The average molecular weight is 308 g/mol. The first-order chi connectivity index (χ1) is 9.77. The summed E-state index contributed by atoms with van der Waals surface area (Å²) < 4.78 is 22.3. The molecule has 0 radical (unpaired) electrons. The molecule has 7 heteroatoms. The Morgan fingerprint density at radius 3 is 2.29 bits per heavy atom. The number of hydrogen-bond acceptors (Lipinski definition) is 5. The van der Waals surface area contributed by atoms with Crippen LogP contribution in [0.1, 0.15) is 18.5 Å². The van der Waals surface area contributed by atoms with Crippen molar-refractivity contribution in [2.45, 2.75) is 17.9 Å². The predicted octanol–water partition coefficient (Wildman–Crippen LogP) is 1.92. The number of nitrogens with two attached hydrogens (primary N) is 1. The van der Waals surface area contributed by atoms with Gasteiger partial charge in [0.15, 0.2) is 0 Å². The maximum atomic E-state index is 11.2. The largest absolute Gasteiger partial charge is 0.508 e. The molecule has 0 fully saturated rings. The van der Waals surface area contributed by atoms with Crippen LogP contribution in [0.5, 0.6) is 11.5 Å². The highest BCUT2D eigenvalue weighted by atomic mass is 32.2. The van der Waals surface area contributed by atoms with Gasteiger partial charge in [-0.15, -0.1) is 0 Å². The van der Waals surface area contributed by atoms with Crippen molar-refractivity contribution in [3.05, 3.63) is 48.0 Å². The van der Waals surface area contributed by atoms with Crippen molar-refractivity contribution in [3.63, 3.8) is 0 Å². The molecule has 0 aliphatic heterocycles. The number of aromatic hydroxyl groups is 2. The molecule has 0 aromatic heterocycles. The molecule has 6 nitrogen and oxygen atoms in total. The van der Waals surface area contributed by atoms with Crippen LogP contribution in [0, 0.1) is 0 Å². The molecule has 0 aliphatic carbocycles. The van der Waals surface area contributed by atoms with Gasteiger partial charge < -0.3 is 15.5 Å². The van der Waals surface area contributed by atoms with Crippen LogP contribution < -0.4 is 10.5 Å². The Balaban J connectivity index is 2.20. The summed E-state index contributed by atoms with van der Waals surface area (Å²) in [5.74, 6) is 0.120. The van der Waals surface area contributed by atoms with Crippen molar-refractivity contribution in [2.75, 3.05) is 5.32 Å². The van der Waals surface area contributed by atoms with Gasteiger partial charge in [0.1, 0.15) is 11.5 Å². The van der Waals surface area contributed by atoms with Gasteiger partial charge in [0.25, 0.3) is 0 Å². The lowest BCUT2D eigenvalue weighted by Crippen LogP contribution is -2.12. The van der Waals surface area contributed by atoms with Crippen LogP contribution in [0.4, 0.5) is 5.69 Å². The van der Waals surface area contributed by atoms with Crippen molar-refractivity contribution in [1.82, 2.24) is 0 Å². The van der Waals surface area contributed by atoms with Gasteiger partial charge >= 0.3 is 0 Å². The molecule has 1 unspecified atom stereocenters. The SMILES string of the molecule is CC(Nc1ccc(S(N)(=O)=O)cc1)c1cc(O)ccc1O. The minimum Gasteiger partial charge on any atom is -0.508 e. The lowest BCUT2D eigenvalue weighted by molar-refractivity contribution is 0.451. The van der Waals surface area contributed by atoms with E-state index in [4.69, 9.17) is 5.14 Å². The van der Waals surface area contributed by atoms with Crippen LogP contribution in [0.15, 0.2) is 47.4 Å². The molecule has 2 aromatic rings. The Labute approximate surface area is 122 Å². The fourth-order valence-electron chi connectivity index (χ4n) is 1.96. The number of phenolic OH excluding ortho intramolecular Hbond substituents is 2. The molecule has 21 heavy (non-hydrogen) atoms. The van der Waals surface area contributed by atoms with Gasteiger partial charge in [-0.3, -0.25) is 0 Å². The molecular weight excluding hydrogens is 292 g/mol. The Bertz CT molecular complexity index is 742. The first kappa shape index (κ1) is 15.1. The van der Waals surface area contributed by atoms with E-state index in [1.165, 1.54) is 30.3 Å². The third kappa shape index (κ3) is 3.65. The maximum absolute atomic E-state index is 11.2. The highest BCUT2D eigenvalue weighted by Gasteiger charge is 2.12. The summed E-state index contributed by atoms with van der Waals surface area (Å²) in [6.45, 7) is 1.81. The smallest absolute Gasteiger partial charge is 0.238 e.